The third-order valence-corrected chi connectivity index (χ3v) is 3.68. The van der Waals surface area contributed by atoms with Crippen LogP contribution in [0.3, 0.4) is 0 Å². The van der Waals surface area contributed by atoms with Crippen LogP contribution in [0.4, 0.5) is 0 Å². The molecule has 4 nitrogen and oxygen atoms in total. The zero-order valence-electron chi connectivity index (χ0n) is 11.8. The first-order valence-electron chi connectivity index (χ1n) is 6.89. The SMILES string of the molecule is Cc1ccccc1-c1nc2cc(Cl)cnc2n1CCCO. The van der Waals surface area contributed by atoms with Crippen molar-refractivity contribution in [2.24, 2.45) is 0 Å². The van der Waals surface area contributed by atoms with Gasteiger partial charge in [0.05, 0.1) is 5.02 Å². The van der Waals surface area contributed by atoms with Gasteiger partial charge in [-0.1, -0.05) is 35.9 Å². The monoisotopic (exact) mass is 301 g/mol. The number of benzene rings is 1. The van der Waals surface area contributed by atoms with Crippen LogP contribution >= 0.6 is 11.6 Å². The molecule has 5 heteroatoms. The minimum atomic E-state index is 0.139. The lowest BCUT2D eigenvalue weighted by atomic mass is 10.1. The first kappa shape index (κ1) is 14.0. The fraction of sp³-hybridized carbons (Fsp3) is 0.250. The number of hydrogen-bond acceptors (Lipinski definition) is 3. The number of aliphatic hydroxyl groups excluding tert-OH is 1. The standard InChI is InChI=1S/C16H16ClN3O/c1-11-5-2-3-6-13(11)15-19-14-9-12(17)10-18-16(14)20(15)7-4-8-21/h2-3,5-6,9-10,21H,4,7-8H2,1H3. The summed E-state index contributed by atoms with van der Waals surface area (Å²) < 4.78 is 2.05. The summed E-state index contributed by atoms with van der Waals surface area (Å²) in [5, 5.41) is 9.70. The van der Waals surface area contributed by atoms with E-state index in [2.05, 4.69) is 18.0 Å². The van der Waals surface area contributed by atoms with Crippen molar-refractivity contribution in [3.63, 3.8) is 0 Å². The van der Waals surface area contributed by atoms with E-state index in [4.69, 9.17) is 21.7 Å². The van der Waals surface area contributed by atoms with E-state index in [-0.39, 0.29) is 6.61 Å². The lowest BCUT2D eigenvalue weighted by Gasteiger charge is -2.09. The summed E-state index contributed by atoms with van der Waals surface area (Å²) in [5.74, 6) is 0.867. The molecule has 21 heavy (non-hydrogen) atoms. The Balaban J connectivity index is 2.23. The van der Waals surface area contributed by atoms with E-state index in [1.807, 2.05) is 28.8 Å². The lowest BCUT2D eigenvalue weighted by Crippen LogP contribution is -2.04. The zero-order valence-corrected chi connectivity index (χ0v) is 12.5. The number of aliphatic hydroxyl groups is 1. The van der Waals surface area contributed by atoms with Crippen molar-refractivity contribution in [1.82, 2.24) is 14.5 Å². The number of pyridine rings is 1. The summed E-state index contributed by atoms with van der Waals surface area (Å²) >= 11 is 6.01. The fourth-order valence-electron chi connectivity index (χ4n) is 2.46. The van der Waals surface area contributed by atoms with Crippen LogP contribution in [-0.4, -0.2) is 26.2 Å². The average Bonchev–Trinajstić information content (AvgIpc) is 2.83. The smallest absolute Gasteiger partial charge is 0.160 e. The summed E-state index contributed by atoms with van der Waals surface area (Å²) in [7, 11) is 0. The van der Waals surface area contributed by atoms with Gasteiger partial charge in [0.2, 0.25) is 0 Å². The second-order valence-corrected chi connectivity index (χ2v) is 5.41. The largest absolute Gasteiger partial charge is 0.396 e. The van der Waals surface area contributed by atoms with Crippen LogP contribution in [0.2, 0.25) is 5.02 Å². The molecule has 0 spiro atoms. The van der Waals surface area contributed by atoms with E-state index >= 15 is 0 Å². The molecular formula is C16H16ClN3O. The molecule has 1 N–H and O–H groups in total. The third kappa shape index (κ3) is 2.64. The molecule has 0 aliphatic rings. The molecule has 2 heterocycles. The molecule has 0 amide bonds. The van der Waals surface area contributed by atoms with Crippen molar-refractivity contribution in [1.29, 1.82) is 0 Å². The van der Waals surface area contributed by atoms with E-state index in [9.17, 15) is 0 Å². The highest BCUT2D eigenvalue weighted by Gasteiger charge is 2.15. The van der Waals surface area contributed by atoms with E-state index in [1.54, 1.807) is 6.20 Å². The Kier molecular flexibility index (Phi) is 3.90. The van der Waals surface area contributed by atoms with E-state index in [0.717, 1.165) is 28.1 Å². The summed E-state index contributed by atoms with van der Waals surface area (Å²) in [6.45, 7) is 2.87. The van der Waals surface area contributed by atoms with Crippen LogP contribution in [-0.2, 0) is 6.54 Å². The van der Waals surface area contributed by atoms with Crippen molar-refractivity contribution in [3.8, 4) is 11.4 Å². The van der Waals surface area contributed by atoms with Crippen molar-refractivity contribution < 1.29 is 5.11 Å². The van der Waals surface area contributed by atoms with Gasteiger partial charge in [0.25, 0.3) is 0 Å². The maximum Gasteiger partial charge on any atom is 0.160 e. The van der Waals surface area contributed by atoms with Gasteiger partial charge >= 0.3 is 0 Å². The van der Waals surface area contributed by atoms with Gasteiger partial charge in [0.15, 0.2) is 5.65 Å². The van der Waals surface area contributed by atoms with Gasteiger partial charge in [-0.25, -0.2) is 9.97 Å². The highest BCUT2D eigenvalue weighted by molar-refractivity contribution is 6.31. The highest BCUT2D eigenvalue weighted by Crippen LogP contribution is 2.27. The Morgan fingerprint density at radius 2 is 2.10 bits per heavy atom. The molecule has 0 atom stereocenters. The Morgan fingerprint density at radius 1 is 1.29 bits per heavy atom. The second kappa shape index (κ2) is 5.84. The normalized spacial score (nSPS) is 11.2. The van der Waals surface area contributed by atoms with E-state index in [0.29, 0.717) is 18.0 Å². The maximum atomic E-state index is 9.12. The van der Waals surface area contributed by atoms with Crippen molar-refractivity contribution >= 4 is 22.8 Å². The molecule has 3 rings (SSSR count). The Morgan fingerprint density at radius 3 is 2.86 bits per heavy atom. The first-order valence-corrected chi connectivity index (χ1v) is 7.27. The number of nitrogens with zero attached hydrogens (tertiary/aromatic N) is 3. The number of imidazole rings is 1. The first-order chi connectivity index (χ1) is 10.2. The lowest BCUT2D eigenvalue weighted by molar-refractivity contribution is 0.280. The van der Waals surface area contributed by atoms with Gasteiger partial charge < -0.3 is 9.67 Å². The molecule has 0 aliphatic carbocycles. The van der Waals surface area contributed by atoms with Crippen LogP contribution < -0.4 is 0 Å². The minimum absolute atomic E-state index is 0.139. The van der Waals surface area contributed by atoms with Crippen LogP contribution in [0.25, 0.3) is 22.6 Å². The summed E-state index contributed by atoms with van der Waals surface area (Å²) in [6, 6.07) is 9.94. The number of rotatable bonds is 4. The zero-order chi connectivity index (χ0) is 14.8. The van der Waals surface area contributed by atoms with Gasteiger partial charge in [-0.3, -0.25) is 0 Å². The van der Waals surface area contributed by atoms with Gasteiger partial charge in [0, 0.05) is 24.9 Å². The van der Waals surface area contributed by atoms with Gasteiger partial charge in [-0.05, 0) is 25.0 Å². The Bertz CT molecular complexity index is 782. The van der Waals surface area contributed by atoms with Gasteiger partial charge in [-0.2, -0.15) is 0 Å². The minimum Gasteiger partial charge on any atom is -0.396 e. The molecule has 0 saturated carbocycles. The van der Waals surface area contributed by atoms with Crippen molar-refractivity contribution in [2.45, 2.75) is 19.9 Å². The van der Waals surface area contributed by atoms with Gasteiger partial charge in [-0.15, -0.1) is 0 Å². The molecular weight excluding hydrogens is 286 g/mol. The highest BCUT2D eigenvalue weighted by atomic mass is 35.5. The molecule has 1 aromatic carbocycles. The van der Waals surface area contributed by atoms with E-state index in [1.165, 1.54) is 0 Å². The Labute approximate surface area is 128 Å². The maximum absolute atomic E-state index is 9.12. The predicted octanol–water partition coefficient (Wildman–Crippen LogP) is 3.44. The second-order valence-electron chi connectivity index (χ2n) is 4.98. The molecule has 0 aliphatic heterocycles. The summed E-state index contributed by atoms with van der Waals surface area (Å²) in [4.78, 5) is 9.09. The van der Waals surface area contributed by atoms with Crippen LogP contribution in [0.5, 0.6) is 0 Å². The molecule has 0 saturated heterocycles. The molecule has 0 unspecified atom stereocenters. The fourth-order valence-corrected chi connectivity index (χ4v) is 2.61. The molecule has 0 radical (unpaired) electrons. The van der Waals surface area contributed by atoms with Crippen LogP contribution in [0.15, 0.2) is 36.5 Å². The average molecular weight is 302 g/mol. The predicted molar refractivity (Wildman–Crippen MR) is 84.4 cm³/mol. The Hall–Kier alpha value is -1.91. The third-order valence-electron chi connectivity index (χ3n) is 3.48. The number of hydrogen-bond donors (Lipinski definition) is 1. The van der Waals surface area contributed by atoms with Crippen LogP contribution in [0.1, 0.15) is 12.0 Å². The number of aryl methyl sites for hydroxylation is 2. The van der Waals surface area contributed by atoms with E-state index < -0.39 is 0 Å². The molecule has 0 bridgehead atoms. The number of aromatic nitrogens is 3. The van der Waals surface area contributed by atoms with Crippen molar-refractivity contribution in [2.75, 3.05) is 6.61 Å². The topological polar surface area (TPSA) is 50.9 Å². The quantitative estimate of drug-likeness (QED) is 0.803. The van der Waals surface area contributed by atoms with Gasteiger partial charge in [0.1, 0.15) is 11.3 Å². The number of fused-ring (bicyclic) bond motifs is 1. The summed E-state index contributed by atoms with van der Waals surface area (Å²) in [6.07, 6.45) is 2.29. The molecule has 3 aromatic rings. The molecule has 108 valence electrons. The van der Waals surface area contributed by atoms with Crippen LogP contribution in [0, 0.1) is 6.92 Å². The number of halogens is 1. The summed E-state index contributed by atoms with van der Waals surface area (Å²) in [5.41, 5.74) is 3.80. The molecule has 2 aromatic heterocycles. The molecule has 0 fully saturated rings. The van der Waals surface area contributed by atoms with Crippen molar-refractivity contribution in [3.05, 3.63) is 47.1 Å².